The maximum atomic E-state index is 3.70. The molecule has 1 atom stereocenters. The maximum Gasteiger partial charge on any atom is 0.0223 e. The number of nitrogens with zero attached hydrogens (tertiary/aromatic N) is 1. The molecule has 2 fully saturated rings. The van der Waals surface area contributed by atoms with Crippen molar-refractivity contribution in [1.29, 1.82) is 0 Å². The predicted molar refractivity (Wildman–Crippen MR) is 65.0 cm³/mol. The number of hydrogen-bond donors (Lipinski definition) is 1. The minimum atomic E-state index is 0.790. The van der Waals surface area contributed by atoms with Gasteiger partial charge in [-0.3, -0.25) is 0 Å². The summed E-state index contributed by atoms with van der Waals surface area (Å²) in [6.07, 6.45) is 9.90. The molecule has 1 aliphatic carbocycles. The second-order valence-corrected chi connectivity index (χ2v) is 4.91. The molecule has 0 amide bonds. The zero-order chi connectivity index (χ0) is 10.5. The van der Waals surface area contributed by atoms with Crippen molar-refractivity contribution in [1.82, 2.24) is 10.2 Å². The highest BCUT2D eigenvalue weighted by atomic mass is 15.2. The summed E-state index contributed by atoms with van der Waals surface area (Å²) in [4.78, 5) is 2.64. The number of rotatable bonds is 4. The van der Waals surface area contributed by atoms with Crippen LogP contribution < -0.4 is 5.32 Å². The van der Waals surface area contributed by atoms with Crippen LogP contribution in [0.3, 0.4) is 0 Å². The van der Waals surface area contributed by atoms with Gasteiger partial charge in [-0.25, -0.2) is 0 Å². The van der Waals surface area contributed by atoms with Crippen LogP contribution in [0, 0.1) is 5.92 Å². The van der Waals surface area contributed by atoms with Gasteiger partial charge >= 0.3 is 0 Å². The van der Waals surface area contributed by atoms with Crippen LogP contribution in [0.2, 0.25) is 0 Å². The van der Waals surface area contributed by atoms with Crippen LogP contribution in [0.15, 0.2) is 12.2 Å². The molecule has 2 heteroatoms. The van der Waals surface area contributed by atoms with Gasteiger partial charge in [0, 0.05) is 19.1 Å². The number of allylic oxidation sites excluding steroid dienone is 1. The lowest BCUT2D eigenvalue weighted by Gasteiger charge is -2.23. The lowest BCUT2D eigenvalue weighted by molar-refractivity contribution is 0.263. The molecule has 1 unspecified atom stereocenters. The third-order valence-corrected chi connectivity index (χ3v) is 3.55. The van der Waals surface area contributed by atoms with E-state index in [4.69, 9.17) is 0 Å². The Morgan fingerprint density at radius 3 is 3.00 bits per heavy atom. The number of hydrogen-bond acceptors (Lipinski definition) is 2. The third kappa shape index (κ3) is 3.62. The molecule has 2 nitrogen and oxygen atoms in total. The summed E-state index contributed by atoms with van der Waals surface area (Å²) in [7, 11) is 0. The lowest BCUT2D eigenvalue weighted by Crippen LogP contribution is -2.39. The van der Waals surface area contributed by atoms with E-state index in [9.17, 15) is 0 Å². The van der Waals surface area contributed by atoms with Gasteiger partial charge < -0.3 is 10.2 Å². The van der Waals surface area contributed by atoms with Crippen molar-refractivity contribution in [2.75, 3.05) is 26.2 Å². The fourth-order valence-corrected chi connectivity index (χ4v) is 2.47. The van der Waals surface area contributed by atoms with Crippen LogP contribution >= 0.6 is 0 Å². The van der Waals surface area contributed by atoms with Crippen molar-refractivity contribution in [3.63, 3.8) is 0 Å². The Balaban J connectivity index is 1.76. The molecule has 1 saturated carbocycles. The Kier molecular flexibility index (Phi) is 4.21. The fraction of sp³-hybridized carbons (Fsp3) is 0.846. The summed E-state index contributed by atoms with van der Waals surface area (Å²) < 4.78 is 0. The van der Waals surface area contributed by atoms with Crippen LogP contribution in [0.25, 0.3) is 0 Å². The van der Waals surface area contributed by atoms with E-state index in [1.807, 2.05) is 0 Å². The molecule has 0 aromatic heterocycles. The normalized spacial score (nSPS) is 29.5. The Labute approximate surface area is 93.7 Å². The highest BCUT2D eigenvalue weighted by Gasteiger charge is 2.32. The van der Waals surface area contributed by atoms with Gasteiger partial charge in [0.05, 0.1) is 0 Å². The van der Waals surface area contributed by atoms with Gasteiger partial charge in [-0.2, -0.15) is 0 Å². The third-order valence-electron chi connectivity index (χ3n) is 3.55. The molecule has 0 aromatic carbocycles. The van der Waals surface area contributed by atoms with Gasteiger partial charge in [-0.1, -0.05) is 12.2 Å². The first-order valence-corrected chi connectivity index (χ1v) is 6.47. The van der Waals surface area contributed by atoms with Crippen molar-refractivity contribution in [3.05, 3.63) is 12.2 Å². The minimum absolute atomic E-state index is 0.790. The average Bonchev–Trinajstić information content (AvgIpc) is 3.05. The first-order valence-electron chi connectivity index (χ1n) is 6.47. The minimum Gasteiger partial charge on any atom is -0.312 e. The molecular weight excluding hydrogens is 184 g/mol. The highest BCUT2D eigenvalue weighted by molar-refractivity contribution is 4.90. The topological polar surface area (TPSA) is 15.3 Å². The molecule has 15 heavy (non-hydrogen) atoms. The standard InChI is InChI=1S/C13H24N2/c1-2-3-4-9-15-10-5-8-14-13(11-15)12-6-7-12/h2-3,12-14H,4-11H2,1H3/b3-2+. The Morgan fingerprint density at radius 1 is 1.40 bits per heavy atom. The first-order chi connectivity index (χ1) is 7.40. The first kappa shape index (κ1) is 11.2. The van der Waals surface area contributed by atoms with Crippen LogP contribution in [-0.2, 0) is 0 Å². The van der Waals surface area contributed by atoms with E-state index in [-0.39, 0.29) is 0 Å². The molecule has 0 radical (unpaired) electrons. The van der Waals surface area contributed by atoms with Crippen LogP contribution in [-0.4, -0.2) is 37.1 Å². The maximum absolute atomic E-state index is 3.70. The second kappa shape index (κ2) is 5.66. The van der Waals surface area contributed by atoms with Gasteiger partial charge in [0.1, 0.15) is 0 Å². The van der Waals surface area contributed by atoms with E-state index >= 15 is 0 Å². The summed E-state index contributed by atoms with van der Waals surface area (Å²) in [5, 5.41) is 3.70. The van der Waals surface area contributed by atoms with Crippen molar-refractivity contribution in [3.8, 4) is 0 Å². The second-order valence-electron chi connectivity index (χ2n) is 4.91. The summed E-state index contributed by atoms with van der Waals surface area (Å²) >= 11 is 0. The molecule has 1 N–H and O–H groups in total. The Hall–Kier alpha value is -0.340. The Bertz CT molecular complexity index is 209. The van der Waals surface area contributed by atoms with Gasteiger partial charge in [-0.05, 0) is 51.6 Å². The fourth-order valence-electron chi connectivity index (χ4n) is 2.47. The molecular formula is C13H24N2. The molecule has 1 heterocycles. The summed E-state index contributed by atoms with van der Waals surface area (Å²) in [5.74, 6) is 0.993. The van der Waals surface area contributed by atoms with Crippen molar-refractivity contribution in [2.24, 2.45) is 5.92 Å². The molecule has 1 aliphatic heterocycles. The molecule has 2 aliphatic rings. The van der Waals surface area contributed by atoms with E-state index in [1.54, 1.807) is 0 Å². The van der Waals surface area contributed by atoms with E-state index in [0.29, 0.717) is 0 Å². The van der Waals surface area contributed by atoms with E-state index in [2.05, 4.69) is 29.3 Å². The van der Waals surface area contributed by atoms with Crippen molar-refractivity contribution < 1.29 is 0 Å². The molecule has 1 saturated heterocycles. The molecule has 0 spiro atoms. The average molecular weight is 208 g/mol. The predicted octanol–water partition coefficient (Wildman–Crippen LogP) is 2.03. The number of nitrogens with one attached hydrogen (secondary N) is 1. The zero-order valence-electron chi connectivity index (χ0n) is 9.91. The van der Waals surface area contributed by atoms with Crippen LogP contribution in [0.5, 0.6) is 0 Å². The smallest absolute Gasteiger partial charge is 0.0223 e. The molecule has 2 rings (SSSR count). The van der Waals surface area contributed by atoms with E-state index in [1.165, 1.54) is 51.9 Å². The molecule has 0 aromatic rings. The summed E-state index contributed by atoms with van der Waals surface area (Å²) in [6, 6.07) is 0.790. The van der Waals surface area contributed by atoms with Gasteiger partial charge in [-0.15, -0.1) is 0 Å². The highest BCUT2D eigenvalue weighted by Crippen LogP contribution is 2.33. The summed E-state index contributed by atoms with van der Waals surface area (Å²) in [5.41, 5.74) is 0. The van der Waals surface area contributed by atoms with Crippen LogP contribution in [0.4, 0.5) is 0 Å². The van der Waals surface area contributed by atoms with Gasteiger partial charge in [0.25, 0.3) is 0 Å². The van der Waals surface area contributed by atoms with Crippen molar-refractivity contribution >= 4 is 0 Å². The largest absolute Gasteiger partial charge is 0.312 e. The van der Waals surface area contributed by atoms with E-state index in [0.717, 1.165) is 12.0 Å². The van der Waals surface area contributed by atoms with Gasteiger partial charge in [0.2, 0.25) is 0 Å². The molecule has 86 valence electrons. The monoisotopic (exact) mass is 208 g/mol. The Morgan fingerprint density at radius 2 is 2.27 bits per heavy atom. The molecule has 0 bridgehead atoms. The zero-order valence-corrected chi connectivity index (χ0v) is 9.91. The quantitative estimate of drug-likeness (QED) is 0.711. The van der Waals surface area contributed by atoms with Crippen LogP contribution in [0.1, 0.15) is 32.6 Å². The lowest BCUT2D eigenvalue weighted by atomic mass is 10.2. The van der Waals surface area contributed by atoms with E-state index < -0.39 is 0 Å². The summed E-state index contributed by atoms with van der Waals surface area (Å²) in [6.45, 7) is 7.14. The van der Waals surface area contributed by atoms with Crippen molar-refractivity contribution in [2.45, 2.75) is 38.6 Å². The SMILES string of the molecule is C/C=C/CCN1CCCNC(C2CC2)C1. The van der Waals surface area contributed by atoms with Gasteiger partial charge in [0.15, 0.2) is 0 Å².